The number of ether oxygens (including phenoxy) is 2. The van der Waals surface area contributed by atoms with Gasteiger partial charge in [-0.05, 0) is 148 Å². The molecule has 0 amide bonds. The molecule has 6 atom stereocenters. The van der Waals surface area contributed by atoms with Gasteiger partial charge >= 0.3 is 35.5 Å². The summed E-state index contributed by atoms with van der Waals surface area (Å²) in [6.07, 6.45) is 16.8. The third-order valence-electron chi connectivity index (χ3n) is 11.4. The van der Waals surface area contributed by atoms with Crippen molar-refractivity contribution in [3.8, 4) is 35.2 Å². The molecule has 2 fully saturated rings. The summed E-state index contributed by atoms with van der Waals surface area (Å²) in [5, 5.41) is 39.7. The number of aliphatic carboxylic acids is 2. The second-order valence-corrected chi connectivity index (χ2v) is 15.6. The van der Waals surface area contributed by atoms with Crippen LogP contribution in [0.1, 0.15) is 127 Å². The number of rotatable bonds is 12. The van der Waals surface area contributed by atoms with E-state index in [4.69, 9.17) is 14.6 Å². The summed E-state index contributed by atoms with van der Waals surface area (Å²) in [7, 11) is 0. The van der Waals surface area contributed by atoms with Crippen molar-refractivity contribution < 1.29 is 69.0 Å². The molecule has 0 unspecified atom stereocenters. The number of carboxylic acids is 2. The Morgan fingerprint density at radius 1 is 0.727 bits per heavy atom. The second-order valence-electron chi connectivity index (χ2n) is 15.6. The van der Waals surface area contributed by atoms with Gasteiger partial charge in [0, 0.05) is 12.4 Å². The minimum atomic E-state index is -1.10. The third kappa shape index (κ3) is 13.3. The van der Waals surface area contributed by atoms with Gasteiger partial charge in [-0.2, -0.15) is 0 Å². The largest absolute Gasteiger partial charge is 1.00 e. The fourth-order valence-electron chi connectivity index (χ4n) is 8.83. The van der Waals surface area contributed by atoms with Gasteiger partial charge in [0.1, 0.15) is 24.7 Å². The van der Waals surface area contributed by atoms with Crippen molar-refractivity contribution in [3.05, 3.63) is 83.0 Å². The van der Waals surface area contributed by atoms with Gasteiger partial charge in [0.05, 0.1) is 30.5 Å². The number of carboxylic acid groups (broad SMARTS) is 2. The quantitative estimate of drug-likeness (QED) is 0.166. The van der Waals surface area contributed by atoms with Crippen molar-refractivity contribution in [1.82, 2.24) is 0 Å². The van der Waals surface area contributed by atoms with Crippen LogP contribution in [0.5, 0.6) is 11.5 Å². The Balaban J connectivity index is 0.000000240. The fraction of sp³-hybridized carbons (Fsp3) is 0.522. The van der Waals surface area contributed by atoms with E-state index in [1.165, 1.54) is 24.0 Å². The summed E-state index contributed by atoms with van der Waals surface area (Å²) < 4.78 is 11.9. The Bertz CT molecular complexity index is 1640. The number of hydrogen-bond donors (Lipinski definition) is 3. The molecular weight excluding hydrogens is 703 g/mol. The topological polar surface area (TPSA) is 136 Å². The number of hydrogen-bond acceptors (Lipinski definition) is 7. The minimum Gasteiger partial charge on any atom is -0.550 e. The molecule has 55 heavy (non-hydrogen) atoms. The Hall–Kier alpha value is -3.50. The molecule has 2 aromatic carbocycles. The Morgan fingerprint density at radius 2 is 1.15 bits per heavy atom. The fourth-order valence-corrected chi connectivity index (χ4v) is 8.83. The molecule has 2 aromatic rings. The summed E-state index contributed by atoms with van der Waals surface area (Å²) in [4.78, 5) is 21.9. The van der Waals surface area contributed by atoms with Gasteiger partial charge in [-0.3, -0.25) is 4.79 Å². The zero-order chi connectivity index (χ0) is 38.6. The van der Waals surface area contributed by atoms with Crippen molar-refractivity contribution >= 4 is 11.9 Å². The van der Waals surface area contributed by atoms with E-state index in [0.29, 0.717) is 13.2 Å². The second kappa shape index (κ2) is 21.1. The van der Waals surface area contributed by atoms with E-state index in [-0.39, 0.29) is 77.3 Å². The summed E-state index contributed by atoms with van der Waals surface area (Å²) in [6.45, 7) is 4.56. The molecule has 9 heteroatoms. The van der Waals surface area contributed by atoms with E-state index in [1.807, 2.05) is 48.5 Å². The Labute approximate surface area is 349 Å². The summed E-state index contributed by atoms with van der Waals surface area (Å²) >= 11 is 0. The normalized spacial score (nSPS) is 24.9. The molecule has 0 aromatic heterocycles. The molecule has 0 bridgehead atoms. The summed E-state index contributed by atoms with van der Waals surface area (Å²) in [5.41, 5.74) is 4.75. The minimum absolute atomic E-state index is 0. The first-order valence-corrected chi connectivity index (χ1v) is 19.5. The van der Waals surface area contributed by atoms with Crippen LogP contribution in [0.2, 0.25) is 0 Å². The molecule has 4 aliphatic carbocycles. The van der Waals surface area contributed by atoms with E-state index in [2.05, 4.69) is 35.8 Å². The van der Waals surface area contributed by atoms with Crippen LogP contribution in [-0.4, -0.2) is 52.7 Å². The molecule has 2 spiro atoms. The number of allylic oxidation sites excluding steroid dienone is 2. The predicted molar refractivity (Wildman–Crippen MR) is 207 cm³/mol. The van der Waals surface area contributed by atoms with Gasteiger partial charge in [0.2, 0.25) is 0 Å². The first-order valence-electron chi connectivity index (χ1n) is 19.5. The number of benzene rings is 2. The predicted octanol–water partition coefficient (Wildman–Crippen LogP) is 4.25. The monoisotopic (exact) mass is 758 g/mol. The van der Waals surface area contributed by atoms with Crippen LogP contribution in [-0.2, 0) is 9.59 Å². The molecule has 288 valence electrons. The van der Waals surface area contributed by atoms with Gasteiger partial charge in [-0.1, -0.05) is 48.3 Å². The number of aliphatic hydroxyl groups excluding tert-OH is 2. The van der Waals surface area contributed by atoms with Gasteiger partial charge < -0.3 is 34.7 Å². The van der Waals surface area contributed by atoms with Crippen LogP contribution in [0.25, 0.3) is 0 Å². The van der Waals surface area contributed by atoms with Crippen LogP contribution < -0.4 is 44.1 Å². The average Bonchev–Trinajstić information content (AvgIpc) is 3.69. The van der Waals surface area contributed by atoms with E-state index in [9.17, 15) is 24.9 Å². The molecule has 4 aliphatic rings. The van der Waals surface area contributed by atoms with Crippen LogP contribution in [0.15, 0.2) is 71.8 Å². The van der Waals surface area contributed by atoms with Gasteiger partial charge in [0.25, 0.3) is 0 Å². The molecule has 3 N–H and O–H groups in total. The SMILES string of the molecule is CC#C[C@@H](CC(=O)O)c1ccc(OCC2=C[C@]3(CCC2)CC[C@H](O)C3)cc1.CC#C[C@@H](CC(=O)[O-])c1ccc(OCC2=C[C@]3(CCC2)CC[C@H](O)C3)cc1.[Na+]. The van der Waals surface area contributed by atoms with Gasteiger partial charge in [0.15, 0.2) is 0 Å². The van der Waals surface area contributed by atoms with E-state index < -0.39 is 11.9 Å². The molecule has 2 saturated carbocycles. The molecular formula is C46H55NaO8. The van der Waals surface area contributed by atoms with Crippen molar-refractivity contribution in [2.75, 3.05) is 13.2 Å². The van der Waals surface area contributed by atoms with E-state index >= 15 is 0 Å². The number of aliphatic hydroxyl groups is 2. The standard InChI is InChI=1S/2C23H28O4.Na/c2*1-2-4-19(13-22(25)26)18-6-8-21(9-7-18)27-16-17-5-3-11-23(14-17)12-10-20(24)15-23;/h2*6-9,14,19-20,24H,3,5,10-13,15-16H2,1H3,(H,25,26);/q;;+1/p-1/t2*19-,20-,23-;/m00./s1. The summed E-state index contributed by atoms with van der Waals surface area (Å²) in [6, 6.07) is 15.1. The smallest absolute Gasteiger partial charge is 0.550 e. The molecule has 6 rings (SSSR count). The maximum atomic E-state index is 11.0. The van der Waals surface area contributed by atoms with Crippen molar-refractivity contribution in [3.63, 3.8) is 0 Å². The average molecular weight is 759 g/mol. The number of carbonyl (C=O) groups excluding carboxylic acids is 1. The van der Waals surface area contributed by atoms with Crippen molar-refractivity contribution in [2.24, 2.45) is 10.8 Å². The molecule has 0 aliphatic heterocycles. The Morgan fingerprint density at radius 3 is 1.49 bits per heavy atom. The first kappa shape index (κ1) is 44.2. The third-order valence-corrected chi connectivity index (χ3v) is 11.4. The van der Waals surface area contributed by atoms with E-state index in [1.54, 1.807) is 13.8 Å². The van der Waals surface area contributed by atoms with Crippen LogP contribution in [0, 0.1) is 34.5 Å². The maximum Gasteiger partial charge on any atom is 1.00 e. The van der Waals surface area contributed by atoms with Crippen LogP contribution >= 0.6 is 0 Å². The molecule has 0 heterocycles. The molecule has 0 saturated heterocycles. The zero-order valence-corrected chi connectivity index (χ0v) is 34.8. The van der Waals surface area contributed by atoms with Gasteiger partial charge in [-0.25, -0.2) is 0 Å². The van der Waals surface area contributed by atoms with E-state index in [0.717, 1.165) is 86.8 Å². The zero-order valence-electron chi connectivity index (χ0n) is 32.8. The van der Waals surface area contributed by atoms with Crippen molar-refractivity contribution in [2.45, 2.75) is 128 Å². The van der Waals surface area contributed by atoms with Crippen LogP contribution in [0.3, 0.4) is 0 Å². The molecule has 0 radical (unpaired) electrons. The summed E-state index contributed by atoms with van der Waals surface area (Å²) in [5.74, 6) is 10.4. The van der Waals surface area contributed by atoms with Crippen molar-refractivity contribution in [1.29, 1.82) is 0 Å². The maximum absolute atomic E-state index is 11.0. The number of carbonyl (C=O) groups is 2. The molecule has 8 nitrogen and oxygen atoms in total. The Kier molecular flexibility index (Phi) is 17.0. The van der Waals surface area contributed by atoms with Crippen LogP contribution in [0.4, 0.5) is 0 Å². The van der Waals surface area contributed by atoms with Gasteiger partial charge in [-0.15, -0.1) is 11.8 Å². The first-order chi connectivity index (χ1) is 26.0.